The molecule has 0 saturated carbocycles. The lowest BCUT2D eigenvalue weighted by Gasteiger charge is -2.13. The third kappa shape index (κ3) is 3.74. The van der Waals surface area contributed by atoms with E-state index >= 15 is 0 Å². The molecule has 4 rings (SSSR count). The van der Waals surface area contributed by atoms with E-state index in [1.165, 1.54) is 10.5 Å². The Hall–Kier alpha value is -3.42. The van der Waals surface area contributed by atoms with Crippen molar-refractivity contribution in [2.24, 2.45) is 0 Å². The second-order valence-electron chi connectivity index (χ2n) is 6.42. The largest absolute Gasteiger partial charge is 0.447 e. The number of anilines is 2. The lowest BCUT2D eigenvalue weighted by atomic mass is 10.2. The molecule has 0 spiro atoms. The Balaban J connectivity index is 1.47. The number of nitrogens with zero attached hydrogens (tertiary/aromatic N) is 5. The van der Waals surface area contributed by atoms with Crippen LogP contribution in [0.15, 0.2) is 42.9 Å². The lowest BCUT2D eigenvalue weighted by molar-refractivity contribution is 0.181. The predicted octanol–water partition coefficient (Wildman–Crippen LogP) is 2.85. The van der Waals surface area contributed by atoms with Crippen molar-refractivity contribution in [1.29, 1.82) is 0 Å². The molecule has 27 heavy (non-hydrogen) atoms. The normalized spacial score (nSPS) is 13.7. The van der Waals surface area contributed by atoms with E-state index < -0.39 is 0 Å². The average Bonchev–Trinajstić information content (AvgIpc) is 3.29. The van der Waals surface area contributed by atoms with Gasteiger partial charge in [0.15, 0.2) is 0 Å². The number of nitrogens with one attached hydrogen (secondary N) is 1. The molecule has 8 nitrogen and oxygen atoms in total. The van der Waals surface area contributed by atoms with Gasteiger partial charge in [-0.1, -0.05) is 17.7 Å². The monoisotopic (exact) mass is 364 g/mol. The molecule has 0 bridgehead atoms. The predicted molar refractivity (Wildman–Crippen MR) is 101 cm³/mol. The van der Waals surface area contributed by atoms with Gasteiger partial charge in [0.05, 0.1) is 25.1 Å². The van der Waals surface area contributed by atoms with E-state index in [1.54, 1.807) is 12.4 Å². The Bertz CT molecular complexity index is 967. The average molecular weight is 364 g/mol. The number of aryl methyl sites for hydroxylation is 2. The molecule has 1 aliphatic rings. The third-order valence-corrected chi connectivity index (χ3v) is 4.27. The topological polar surface area (TPSA) is 85.2 Å². The summed E-state index contributed by atoms with van der Waals surface area (Å²) in [5.41, 5.74) is 3.91. The number of amides is 1. The van der Waals surface area contributed by atoms with Crippen LogP contribution in [-0.2, 0) is 11.3 Å². The van der Waals surface area contributed by atoms with Crippen molar-refractivity contribution in [3.8, 4) is 5.69 Å². The van der Waals surface area contributed by atoms with Crippen LogP contribution in [0.1, 0.15) is 17.0 Å². The molecule has 0 aliphatic carbocycles. The van der Waals surface area contributed by atoms with E-state index in [-0.39, 0.29) is 6.09 Å². The van der Waals surface area contributed by atoms with Crippen molar-refractivity contribution in [2.75, 3.05) is 23.4 Å². The molecule has 138 valence electrons. The van der Waals surface area contributed by atoms with Crippen molar-refractivity contribution in [3.05, 3.63) is 59.8 Å². The zero-order valence-electron chi connectivity index (χ0n) is 15.2. The van der Waals surface area contributed by atoms with Crippen LogP contribution in [0.2, 0.25) is 0 Å². The molecule has 0 unspecified atom stereocenters. The summed E-state index contributed by atoms with van der Waals surface area (Å²) in [4.78, 5) is 26.5. The molecule has 8 heteroatoms. The number of carbonyl (C=O) groups is 1. The summed E-state index contributed by atoms with van der Waals surface area (Å²) in [6.07, 6.45) is 3.37. The van der Waals surface area contributed by atoms with Crippen molar-refractivity contribution in [1.82, 2.24) is 19.5 Å². The number of hydrogen-bond donors (Lipinski definition) is 1. The number of benzene rings is 1. The van der Waals surface area contributed by atoms with Gasteiger partial charge in [0.1, 0.15) is 12.4 Å². The maximum absolute atomic E-state index is 11.7. The van der Waals surface area contributed by atoms with Gasteiger partial charge in [-0.05, 0) is 26.0 Å². The molecule has 1 saturated heterocycles. The van der Waals surface area contributed by atoms with Crippen LogP contribution in [0.3, 0.4) is 0 Å². The first kappa shape index (κ1) is 17.0. The van der Waals surface area contributed by atoms with Gasteiger partial charge in [-0.15, -0.1) is 0 Å². The summed E-state index contributed by atoms with van der Waals surface area (Å²) >= 11 is 0. The van der Waals surface area contributed by atoms with E-state index in [2.05, 4.69) is 51.5 Å². The highest BCUT2D eigenvalue weighted by atomic mass is 16.6. The quantitative estimate of drug-likeness (QED) is 0.749. The van der Waals surface area contributed by atoms with E-state index in [4.69, 9.17) is 4.74 Å². The first-order chi connectivity index (χ1) is 13.1. The Morgan fingerprint density at radius 2 is 2.00 bits per heavy atom. The van der Waals surface area contributed by atoms with E-state index in [0.29, 0.717) is 31.5 Å². The first-order valence-electron chi connectivity index (χ1n) is 8.72. The molecule has 3 heterocycles. The number of hydrogen-bond acceptors (Lipinski definition) is 6. The molecule has 2 aromatic heterocycles. The minimum absolute atomic E-state index is 0.376. The van der Waals surface area contributed by atoms with Gasteiger partial charge in [0, 0.05) is 23.6 Å². The maximum Gasteiger partial charge on any atom is 0.415 e. The first-order valence-corrected chi connectivity index (χ1v) is 8.72. The fourth-order valence-corrected chi connectivity index (χ4v) is 2.85. The number of ether oxygens (including phenoxy) is 1. The van der Waals surface area contributed by atoms with Crippen LogP contribution in [0.5, 0.6) is 0 Å². The van der Waals surface area contributed by atoms with Gasteiger partial charge in [-0.25, -0.2) is 14.8 Å². The van der Waals surface area contributed by atoms with Gasteiger partial charge in [-0.2, -0.15) is 4.98 Å². The fraction of sp³-hybridized carbons (Fsp3) is 0.263. The maximum atomic E-state index is 11.7. The van der Waals surface area contributed by atoms with Crippen LogP contribution in [0, 0.1) is 13.8 Å². The van der Waals surface area contributed by atoms with Crippen LogP contribution >= 0.6 is 0 Å². The highest BCUT2D eigenvalue weighted by molar-refractivity contribution is 5.88. The smallest absolute Gasteiger partial charge is 0.415 e. The van der Waals surface area contributed by atoms with E-state index in [9.17, 15) is 4.79 Å². The van der Waals surface area contributed by atoms with Crippen molar-refractivity contribution < 1.29 is 9.53 Å². The number of imidazole rings is 1. The summed E-state index contributed by atoms with van der Waals surface area (Å²) < 4.78 is 6.95. The van der Waals surface area contributed by atoms with Gasteiger partial charge in [0.2, 0.25) is 5.95 Å². The van der Waals surface area contributed by atoms with Crippen LogP contribution < -0.4 is 10.2 Å². The minimum atomic E-state index is -0.379. The van der Waals surface area contributed by atoms with Crippen LogP contribution in [-0.4, -0.2) is 38.8 Å². The Morgan fingerprint density at radius 1 is 1.19 bits per heavy atom. The van der Waals surface area contributed by atoms with Crippen molar-refractivity contribution >= 4 is 17.9 Å². The minimum Gasteiger partial charge on any atom is -0.447 e. The second-order valence-corrected chi connectivity index (χ2v) is 6.42. The van der Waals surface area contributed by atoms with Gasteiger partial charge < -0.3 is 14.6 Å². The fourth-order valence-electron chi connectivity index (χ4n) is 2.85. The summed E-state index contributed by atoms with van der Waals surface area (Å²) in [6, 6.07) is 10.0. The molecule has 1 fully saturated rings. The summed E-state index contributed by atoms with van der Waals surface area (Å²) in [6.45, 7) is 5.28. The summed E-state index contributed by atoms with van der Waals surface area (Å²) in [5.74, 6) is 0.993. The van der Waals surface area contributed by atoms with Gasteiger partial charge >= 0.3 is 6.09 Å². The van der Waals surface area contributed by atoms with E-state index in [0.717, 1.165) is 17.1 Å². The zero-order chi connectivity index (χ0) is 18.8. The number of carbonyl (C=O) groups excluding carboxylic acids is 1. The number of rotatable bonds is 5. The van der Waals surface area contributed by atoms with Crippen LogP contribution in [0.4, 0.5) is 16.6 Å². The highest BCUT2D eigenvalue weighted by Gasteiger charge is 2.25. The SMILES string of the molecule is Cc1ccc(-n2cnc(CNc3nc(C)cc(N4CCOC4=O)n3)c2)cc1. The second kappa shape index (κ2) is 7.06. The van der Waals surface area contributed by atoms with Gasteiger partial charge in [-0.3, -0.25) is 4.90 Å². The van der Waals surface area contributed by atoms with Crippen molar-refractivity contribution in [3.63, 3.8) is 0 Å². The summed E-state index contributed by atoms with van der Waals surface area (Å²) in [7, 11) is 0. The molecule has 1 aliphatic heterocycles. The number of cyclic esters (lactones) is 1. The molecular formula is C19H20N6O2. The molecule has 3 aromatic rings. The number of aromatic nitrogens is 4. The summed E-state index contributed by atoms with van der Waals surface area (Å²) in [5, 5.41) is 3.18. The molecular weight excluding hydrogens is 344 g/mol. The molecule has 1 N–H and O–H groups in total. The Morgan fingerprint density at radius 3 is 2.74 bits per heavy atom. The lowest BCUT2D eigenvalue weighted by Crippen LogP contribution is -2.25. The standard InChI is InChI=1S/C19H20N6O2/c1-13-3-5-16(6-4-13)24-11-15(21-12-24)10-20-18-22-14(2)9-17(23-18)25-7-8-27-19(25)26/h3-6,9,11-12H,7-8,10H2,1-2H3,(H,20,22,23). The molecule has 0 radical (unpaired) electrons. The highest BCUT2D eigenvalue weighted by Crippen LogP contribution is 2.19. The Kier molecular flexibility index (Phi) is 4.45. The van der Waals surface area contributed by atoms with Gasteiger partial charge in [0.25, 0.3) is 0 Å². The Labute approximate surface area is 156 Å². The van der Waals surface area contributed by atoms with Crippen molar-refractivity contribution in [2.45, 2.75) is 20.4 Å². The molecule has 1 aromatic carbocycles. The zero-order valence-corrected chi connectivity index (χ0v) is 15.2. The third-order valence-electron chi connectivity index (χ3n) is 4.27. The van der Waals surface area contributed by atoms with E-state index in [1.807, 2.05) is 17.7 Å². The molecule has 1 amide bonds. The van der Waals surface area contributed by atoms with Crippen LogP contribution in [0.25, 0.3) is 5.69 Å². The molecule has 0 atom stereocenters.